The molecule has 0 atom stereocenters. The average Bonchev–Trinajstić information content (AvgIpc) is 2.32. The lowest BCUT2D eigenvalue weighted by Gasteiger charge is -2.04. The number of hydrogen-bond acceptors (Lipinski definition) is 4. The van der Waals surface area contributed by atoms with Crippen LogP contribution < -0.4 is 5.56 Å². The lowest BCUT2D eigenvalue weighted by Crippen LogP contribution is -2.18. The fourth-order valence-corrected chi connectivity index (χ4v) is 3.17. The molecule has 9 heteroatoms. The highest BCUT2D eigenvalue weighted by Crippen LogP contribution is 2.27. The smallest absolute Gasteiger partial charge is 0.270 e. The maximum absolute atomic E-state index is 12.3. The standard InChI is InChI=1S/C10H6Cl2N2O3S2/c11-6-2-1-5(3-7(6)12)19(16,17)8-4-13-10(18)14-9(8)15/h1-4H,(H2,13,14,15,18). The van der Waals surface area contributed by atoms with Gasteiger partial charge < -0.3 is 4.98 Å². The topological polar surface area (TPSA) is 82.8 Å². The molecule has 0 spiro atoms. The number of nitrogens with one attached hydrogen (secondary N) is 2. The summed E-state index contributed by atoms with van der Waals surface area (Å²) in [7, 11) is -3.99. The van der Waals surface area contributed by atoms with Crippen LogP contribution in [0.2, 0.25) is 10.0 Å². The fraction of sp³-hybridized carbons (Fsp3) is 0. The van der Waals surface area contributed by atoms with E-state index in [1.165, 1.54) is 18.2 Å². The lowest BCUT2D eigenvalue weighted by atomic mass is 10.4. The van der Waals surface area contributed by atoms with Gasteiger partial charge in [0.05, 0.1) is 14.9 Å². The van der Waals surface area contributed by atoms with Gasteiger partial charge in [0.15, 0.2) is 9.67 Å². The van der Waals surface area contributed by atoms with Crippen LogP contribution in [0.1, 0.15) is 0 Å². The number of halogens is 2. The zero-order valence-corrected chi connectivity index (χ0v) is 12.3. The second-order valence-electron chi connectivity index (χ2n) is 3.52. The molecule has 1 aromatic carbocycles. The van der Waals surface area contributed by atoms with E-state index in [1.807, 2.05) is 0 Å². The first-order chi connectivity index (χ1) is 8.82. The van der Waals surface area contributed by atoms with Crippen LogP contribution >= 0.6 is 35.4 Å². The third-order valence-electron chi connectivity index (χ3n) is 2.28. The molecule has 0 radical (unpaired) electrons. The van der Waals surface area contributed by atoms with Crippen molar-refractivity contribution in [3.63, 3.8) is 0 Å². The van der Waals surface area contributed by atoms with Crippen LogP contribution in [0.3, 0.4) is 0 Å². The minimum absolute atomic E-state index is 0.0399. The Morgan fingerprint density at radius 1 is 1.16 bits per heavy atom. The van der Waals surface area contributed by atoms with Crippen LogP contribution in [0.15, 0.2) is 39.0 Å². The maximum Gasteiger partial charge on any atom is 0.270 e. The van der Waals surface area contributed by atoms with E-state index >= 15 is 0 Å². The van der Waals surface area contributed by atoms with Crippen molar-refractivity contribution in [2.45, 2.75) is 9.79 Å². The van der Waals surface area contributed by atoms with Crippen LogP contribution in [0.4, 0.5) is 0 Å². The number of hydrogen-bond donors (Lipinski definition) is 2. The normalized spacial score (nSPS) is 11.5. The molecular weight excluding hydrogens is 331 g/mol. The maximum atomic E-state index is 12.3. The molecule has 5 nitrogen and oxygen atoms in total. The monoisotopic (exact) mass is 336 g/mol. The van der Waals surface area contributed by atoms with Gasteiger partial charge in [-0.25, -0.2) is 8.42 Å². The number of rotatable bonds is 2. The highest BCUT2D eigenvalue weighted by molar-refractivity contribution is 7.91. The Hall–Kier alpha value is -1.15. The van der Waals surface area contributed by atoms with Crippen LogP contribution in [0.25, 0.3) is 0 Å². The SMILES string of the molecule is O=c1[nH]c(=S)[nH]cc1S(=O)(=O)c1ccc(Cl)c(Cl)c1. The van der Waals surface area contributed by atoms with Gasteiger partial charge in [0.25, 0.3) is 5.56 Å². The van der Waals surface area contributed by atoms with Gasteiger partial charge >= 0.3 is 0 Å². The second kappa shape index (κ2) is 5.09. The van der Waals surface area contributed by atoms with Crippen molar-refractivity contribution in [3.05, 3.63) is 49.6 Å². The van der Waals surface area contributed by atoms with Crippen LogP contribution in [-0.2, 0) is 9.84 Å². The van der Waals surface area contributed by atoms with Crippen molar-refractivity contribution < 1.29 is 8.42 Å². The van der Waals surface area contributed by atoms with Gasteiger partial charge in [-0.1, -0.05) is 23.2 Å². The van der Waals surface area contributed by atoms with Crippen LogP contribution in [-0.4, -0.2) is 18.4 Å². The molecule has 0 aliphatic heterocycles. The molecule has 2 rings (SSSR count). The molecule has 0 saturated heterocycles. The highest BCUT2D eigenvalue weighted by atomic mass is 35.5. The Morgan fingerprint density at radius 3 is 2.42 bits per heavy atom. The van der Waals surface area contributed by atoms with E-state index in [2.05, 4.69) is 9.97 Å². The fourth-order valence-electron chi connectivity index (χ4n) is 1.37. The molecule has 0 amide bonds. The third kappa shape index (κ3) is 2.74. The van der Waals surface area contributed by atoms with Gasteiger partial charge in [0.1, 0.15) is 0 Å². The van der Waals surface area contributed by atoms with Gasteiger partial charge in [0.2, 0.25) is 9.84 Å². The summed E-state index contributed by atoms with van der Waals surface area (Å²) in [4.78, 5) is 15.7. The Bertz CT molecular complexity index is 856. The molecule has 100 valence electrons. The van der Waals surface area contributed by atoms with Crippen molar-refractivity contribution in [2.24, 2.45) is 0 Å². The molecular formula is C10H6Cl2N2O3S2. The Labute approximate surface area is 123 Å². The molecule has 2 N–H and O–H groups in total. The van der Waals surface area contributed by atoms with Crippen molar-refractivity contribution in [2.75, 3.05) is 0 Å². The number of H-pyrrole nitrogens is 2. The van der Waals surface area contributed by atoms with E-state index in [-0.39, 0.29) is 19.7 Å². The van der Waals surface area contributed by atoms with Crippen LogP contribution in [0.5, 0.6) is 0 Å². The number of aromatic nitrogens is 2. The van der Waals surface area contributed by atoms with Crippen LogP contribution in [0, 0.1) is 4.77 Å². The van der Waals surface area contributed by atoms with E-state index < -0.39 is 20.3 Å². The molecule has 2 aromatic rings. The summed E-state index contributed by atoms with van der Waals surface area (Å²) in [6.07, 6.45) is 1.04. The molecule has 0 saturated carbocycles. The molecule has 0 bridgehead atoms. The summed E-state index contributed by atoms with van der Waals surface area (Å²) < 4.78 is 24.5. The molecule has 1 heterocycles. The summed E-state index contributed by atoms with van der Waals surface area (Å²) in [5.41, 5.74) is -0.796. The molecule has 1 aromatic heterocycles. The predicted octanol–water partition coefficient (Wildman–Crippen LogP) is 2.57. The predicted molar refractivity (Wildman–Crippen MR) is 74.2 cm³/mol. The summed E-state index contributed by atoms with van der Waals surface area (Å²) >= 11 is 16.2. The minimum atomic E-state index is -3.99. The zero-order valence-electron chi connectivity index (χ0n) is 9.11. The van der Waals surface area contributed by atoms with E-state index in [0.29, 0.717) is 0 Å². The molecule has 0 unspecified atom stereocenters. The van der Waals surface area contributed by atoms with E-state index in [0.717, 1.165) is 6.20 Å². The first-order valence-corrected chi connectivity index (χ1v) is 7.49. The highest BCUT2D eigenvalue weighted by Gasteiger charge is 2.22. The lowest BCUT2D eigenvalue weighted by molar-refractivity contribution is 0.594. The Kier molecular flexibility index (Phi) is 3.82. The van der Waals surface area contributed by atoms with Crippen molar-refractivity contribution in [1.82, 2.24) is 9.97 Å². The summed E-state index contributed by atoms with van der Waals surface area (Å²) in [5, 5.41) is 0.310. The van der Waals surface area contributed by atoms with Gasteiger partial charge in [-0.3, -0.25) is 9.78 Å². The first kappa shape index (κ1) is 14.3. The van der Waals surface area contributed by atoms with Crippen molar-refractivity contribution in [3.8, 4) is 0 Å². The quantitative estimate of drug-likeness (QED) is 0.825. The number of benzene rings is 1. The van der Waals surface area contributed by atoms with Crippen molar-refractivity contribution in [1.29, 1.82) is 0 Å². The average molecular weight is 337 g/mol. The summed E-state index contributed by atoms with van der Waals surface area (Å²) in [6, 6.07) is 3.79. The van der Waals surface area contributed by atoms with Gasteiger partial charge in [-0.15, -0.1) is 0 Å². The molecule has 0 aliphatic rings. The van der Waals surface area contributed by atoms with E-state index in [9.17, 15) is 13.2 Å². The van der Waals surface area contributed by atoms with Gasteiger partial charge in [0, 0.05) is 6.20 Å². The zero-order chi connectivity index (χ0) is 14.2. The number of aromatic amines is 2. The molecule has 0 aliphatic carbocycles. The van der Waals surface area contributed by atoms with Gasteiger partial charge in [-0.05, 0) is 30.4 Å². The van der Waals surface area contributed by atoms with E-state index in [4.69, 9.17) is 35.4 Å². The summed E-state index contributed by atoms with van der Waals surface area (Å²) in [6.45, 7) is 0. The summed E-state index contributed by atoms with van der Waals surface area (Å²) in [5.74, 6) is 0. The van der Waals surface area contributed by atoms with Crippen molar-refractivity contribution >= 4 is 45.3 Å². The first-order valence-electron chi connectivity index (χ1n) is 4.84. The molecule has 0 fully saturated rings. The largest absolute Gasteiger partial charge is 0.337 e. The number of sulfone groups is 1. The second-order valence-corrected chi connectivity index (χ2v) is 6.66. The Morgan fingerprint density at radius 2 is 1.84 bits per heavy atom. The molecule has 19 heavy (non-hydrogen) atoms. The Balaban J connectivity index is 2.68. The third-order valence-corrected chi connectivity index (χ3v) is 4.99. The minimum Gasteiger partial charge on any atom is -0.337 e. The van der Waals surface area contributed by atoms with Gasteiger partial charge in [-0.2, -0.15) is 0 Å². The van der Waals surface area contributed by atoms with E-state index in [1.54, 1.807) is 0 Å².